The molecule has 0 aliphatic carbocycles. The van der Waals surface area contributed by atoms with Crippen molar-refractivity contribution in [3.63, 3.8) is 0 Å². The lowest BCUT2D eigenvalue weighted by molar-refractivity contribution is 0.180. The first kappa shape index (κ1) is 21.8. The molecule has 0 bridgehead atoms. The summed E-state index contributed by atoms with van der Waals surface area (Å²) in [7, 11) is 6.20. The molecular formula is C20H24N2O6. The molecule has 8 heteroatoms. The Labute approximate surface area is 163 Å². The minimum atomic E-state index is 0.232. The van der Waals surface area contributed by atoms with Gasteiger partial charge in [-0.05, 0) is 45.7 Å². The van der Waals surface area contributed by atoms with Gasteiger partial charge in [0.2, 0.25) is 0 Å². The van der Waals surface area contributed by atoms with Gasteiger partial charge in [-0.3, -0.25) is 0 Å². The van der Waals surface area contributed by atoms with Gasteiger partial charge in [0.15, 0.2) is 0 Å². The molecule has 2 rings (SSSR count). The summed E-state index contributed by atoms with van der Waals surface area (Å²) in [5.41, 5.74) is 4.91. The van der Waals surface area contributed by atoms with Gasteiger partial charge in [-0.15, -0.1) is 9.81 Å². The van der Waals surface area contributed by atoms with Gasteiger partial charge in [-0.25, -0.2) is 0 Å². The van der Waals surface area contributed by atoms with Crippen LogP contribution in [-0.2, 0) is 45.4 Å². The molecule has 0 aliphatic heterocycles. The van der Waals surface area contributed by atoms with E-state index in [1.54, 1.807) is 28.4 Å². The predicted octanol–water partition coefficient (Wildman–Crippen LogP) is 4.74. The zero-order valence-electron chi connectivity index (χ0n) is 16.5. The summed E-state index contributed by atoms with van der Waals surface area (Å²) in [5, 5.41) is 6.32. The fourth-order valence-electron chi connectivity index (χ4n) is 3.15. The highest BCUT2D eigenvalue weighted by Crippen LogP contribution is 2.36. The first-order valence-electron chi connectivity index (χ1n) is 8.57. The van der Waals surface area contributed by atoms with Gasteiger partial charge < -0.3 is 18.9 Å². The molecule has 0 radical (unpaired) electrons. The third-order valence-electron chi connectivity index (χ3n) is 4.25. The van der Waals surface area contributed by atoms with E-state index < -0.39 is 0 Å². The molecular weight excluding hydrogens is 364 g/mol. The minimum Gasteiger partial charge on any atom is -0.380 e. The van der Waals surface area contributed by atoms with Crippen molar-refractivity contribution < 1.29 is 18.9 Å². The highest BCUT2D eigenvalue weighted by atomic mass is 16.5. The topological polar surface area (TPSA) is 95.8 Å². The summed E-state index contributed by atoms with van der Waals surface area (Å²) in [6.45, 7) is 0.926. The van der Waals surface area contributed by atoms with E-state index in [2.05, 4.69) is 10.4 Å². The average molecular weight is 388 g/mol. The molecule has 150 valence electrons. The van der Waals surface area contributed by atoms with Crippen LogP contribution in [0.5, 0.6) is 0 Å². The SMILES string of the molecule is COCc1cc(-c2cc(COC)c(N=O)c(COC)c2)cc(COC)c1N=O. The summed E-state index contributed by atoms with van der Waals surface area (Å²) in [5.74, 6) is 0. The molecule has 0 saturated heterocycles. The molecule has 28 heavy (non-hydrogen) atoms. The zero-order chi connectivity index (χ0) is 20.5. The van der Waals surface area contributed by atoms with Crippen LogP contribution in [0.2, 0.25) is 0 Å². The van der Waals surface area contributed by atoms with Crippen LogP contribution in [-0.4, -0.2) is 28.4 Å². The Morgan fingerprint density at radius 3 is 1.00 bits per heavy atom. The van der Waals surface area contributed by atoms with E-state index >= 15 is 0 Å². The third kappa shape index (κ3) is 4.85. The summed E-state index contributed by atoms with van der Waals surface area (Å²) in [6, 6.07) is 7.37. The van der Waals surface area contributed by atoms with Gasteiger partial charge in [-0.1, -0.05) is 0 Å². The highest BCUT2D eigenvalue weighted by molar-refractivity contribution is 5.74. The third-order valence-corrected chi connectivity index (χ3v) is 4.25. The van der Waals surface area contributed by atoms with E-state index in [9.17, 15) is 9.81 Å². The van der Waals surface area contributed by atoms with E-state index in [4.69, 9.17) is 18.9 Å². The van der Waals surface area contributed by atoms with Gasteiger partial charge in [0.1, 0.15) is 11.4 Å². The van der Waals surface area contributed by atoms with Crippen LogP contribution in [0.15, 0.2) is 34.6 Å². The normalized spacial score (nSPS) is 10.9. The number of nitrogens with zero attached hydrogens (tertiary/aromatic N) is 2. The number of benzene rings is 2. The smallest absolute Gasteiger partial charge is 0.119 e. The maximum Gasteiger partial charge on any atom is 0.119 e. The maximum atomic E-state index is 11.4. The van der Waals surface area contributed by atoms with Crippen LogP contribution in [0.3, 0.4) is 0 Å². The van der Waals surface area contributed by atoms with Crippen LogP contribution in [0.4, 0.5) is 11.4 Å². The van der Waals surface area contributed by atoms with E-state index in [1.807, 2.05) is 24.3 Å². The second-order valence-electron chi connectivity index (χ2n) is 6.20. The van der Waals surface area contributed by atoms with Crippen molar-refractivity contribution in [2.75, 3.05) is 28.4 Å². The molecule has 0 atom stereocenters. The maximum absolute atomic E-state index is 11.4. The van der Waals surface area contributed by atoms with Crippen molar-refractivity contribution in [3.8, 4) is 11.1 Å². The lowest BCUT2D eigenvalue weighted by atomic mass is 9.94. The molecule has 2 aromatic carbocycles. The van der Waals surface area contributed by atoms with E-state index in [0.717, 1.165) is 11.1 Å². The summed E-state index contributed by atoms with van der Waals surface area (Å²) < 4.78 is 20.9. The molecule has 2 aromatic rings. The van der Waals surface area contributed by atoms with Gasteiger partial charge in [0, 0.05) is 50.7 Å². The van der Waals surface area contributed by atoms with Crippen LogP contribution in [0.25, 0.3) is 11.1 Å². The van der Waals surface area contributed by atoms with Gasteiger partial charge in [-0.2, -0.15) is 0 Å². The molecule has 8 nitrogen and oxygen atoms in total. The Balaban J connectivity index is 2.71. The lowest BCUT2D eigenvalue weighted by Gasteiger charge is -2.15. The fourth-order valence-corrected chi connectivity index (χ4v) is 3.15. The Morgan fingerprint density at radius 1 is 0.571 bits per heavy atom. The minimum absolute atomic E-state index is 0.232. The van der Waals surface area contributed by atoms with Crippen molar-refractivity contribution in [1.29, 1.82) is 0 Å². The molecule has 0 spiro atoms. The molecule has 0 amide bonds. The van der Waals surface area contributed by atoms with Crippen LogP contribution in [0.1, 0.15) is 22.3 Å². The first-order chi connectivity index (χ1) is 13.6. The Morgan fingerprint density at radius 2 is 0.821 bits per heavy atom. The van der Waals surface area contributed by atoms with Crippen molar-refractivity contribution in [3.05, 3.63) is 56.3 Å². The van der Waals surface area contributed by atoms with Crippen LogP contribution < -0.4 is 0 Å². The summed E-state index contributed by atoms with van der Waals surface area (Å²) in [6.07, 6.45) is 0. The van der Waals surface area contributed by atoms with E-state index in [1.165, 1.54) is 0 Å². The Hall–Kier alpha value is -2.52. The van der Waals surface area contributed by atoms with Crippen molar-refractivity contribution in [2.45, 2.75) is 26.4 Å². The molecule has 0 fully saturated rings. The second-order valence-corrected chi connectivity index (χ2v) is 6.20. The van der Waals surface area contributed by atoms with Gasteiger partial charge in [0.25, 0.3) is 0 Å². The van der Waals surface area contributed by atoms with E-state index in [0.29, 0.717) is 33.6 Å². The first-order valence-corrected chi connectivity index (χ1v) is 8.57. The molecule has 0 N–H and O–H groups in total. The number of hydrogen-bond acceptors (Lipinski definition) is 8. The molecule has 0 aliphatic rings. The van der Waals surface area contributed by atoms with Crippen molar-refractivity contribution >= 4 is 11.4 Å². The Kier molecular flexibility index (Phi) is 8.34. The summed E-state index contributed by atoms with van der Waals surface area (Å²) >= 11 is 0. The van der Waals surface area contributed by atoms with Crippen molar-refractivity contribution in [2.24, 2.45) is 10.4 Å². The largest absolute Gasteiger partial charge is 0.380 e. The number of nitroso groups, excluding NO2 is 2. The van der Waals surface area contributed by atoms with Gasteiger partial charge >= 0.3 is 0 Å². The lowest BCUT2D eigenvalue weighted by Crippen LogP contribution is -1.99. The average Bonchev–Trinajstić information content (AvgIpc) is 2.68. The second kappa shape index (κ2) is 10.7. The molecule has 0 heterocycles. The van der Waals surface area contributed by atoms with Crippen molar-refractivity contribution in [1.82, 2.24) is 0 Å². The molecule has 0 saturated carbocycles. The summed E-state index contributed by atoms with van der Waals surface area (Å²) in [4.78, 5) is 22.7. The monoisotopic (exact) mass is 388 g/mol. The molecule has 0 unspecified atom stereocenters. The van der Waals surface area contributed by atoms with Gasteiger partial charge in [0.05, 0.1) is 26.4 Å². The quantitative estimate of drug-likeness (QED) is 0.516. The highest BCUT2D eigenvalue weighted by Gasteiger charge is 2.17. The standard InChI is InChI=1S/C20H24N2O6/c1-25-9-15-5-13(6-16(10-26-2)19(15)21-23)14-7-17(11-27-3)20(22-24)18(8-14)12-28-4/h5-8H,9-12H2,1-4H3. The van der Waals surface area contributed by atoms with Crippen LogP contribution >= 0.6 is 0 Å². The zero-order valence-corrected chi connectivity index (χ0v) is 16.5. The fraction of sp³-hybridized carbons (Fsp3) is 0.400. The predicted molar refractivity (Wildman–Crippen MR) is 106 cm³/mol. The number of rotatable bonds is 11. The Bertz CT molecular complexity index is 714. The number of methoxy groups -OCH3 is 4. The number of hydrogen-bond donors (Lipinski definition) is 0. The molecule has 0 aromatic heterocycles. The van der Waals surface area contributed by atoms with Crippen LogP contribution in [0, 0.1) is 9.81 Å². The number of ether oxygens (including phenoxy) is 4. The van der Waals surface area contributed by atoms with E-state index in [-0.39, 0.29) is 26.4 Å².